The molecular weight excluding hydrogens is 290 g/mol. The van der Waals surface area contributed by atoms with Crippen LogP contribution in [0, 0.1) is 0 Å². The average molecular weight is 315 g/mol. The van der Waals surface area contributed by atoms with Crippen LogP contribution in [0.4, 0.5) is 0 Å². The highest BCUT2D eigenvalue weighted by molar-refractivity contribution is 5.53. The second-order valence-electron chi connectivity index (χ2n) is 5.31. The molecule has 0 atom stereocenters. The van der Waals surface area contributed by atoms with Crippen LogP contribution < -0.4 is 19.5 Å². The van der Waals surface area contributed by atoms with Gasteiger partial charge in [-0.15, -0.1) is 0 Å². The second-order valence-corrected chi connectivity index (χ2v) is 5.31. The van der Waals surface area contributed by atoms with Gasteiger partial charge in [0.15, 0.2) is 11.5 Å². The van der Waals surface area contributed by atoms with Gasteiger partial charge in [0.25, 0.3) is 0 Å². The fourth-order valence-electron chi connectivity index (χ4n) is 2.48. The molecule has 0 spiro atoms. The zero-order valence-electron chi connectivity index (χ0n) is 14.3. The number of hydrogen-bond donors (Lipinski definition) is 1. The smallest absolute Gasteiger partial charge is 0.203 e. The summed E-state index contributed by atoms with van der Waals surface area (Å²) >= 11 is 0. The summed E-state index contributed by atoms with van der Waals surface area (Å²) < 4.78 is 16.1. The van der Waals surface area contributed by atoms with Gasteiger partial charge in [-0.25, -0.2) is 0 Å². The van der Waals surface area contributed by atoms with Crippen LogP contribution in [0.25, 0.3) is 0 Å². The minimum absolute atomic E-state index is 0.619. The van der Waals surface area contributed by atoms with Crippen LogP contribution in [-0.2, 0) is 19.5 Å². The summed E-state index contributed by atoms with van der Waals surface area (Å²) in [5, 5.41) is 3.44. The number of ether oxygens (including phenoxy) is 3. The molecule has 0 saturated heterocycles. The molecule has 0 unspecified atom stereocenters. The van der Waals surface area contributed by atoms with Crippen molar-refractivity contribution in [3.8, 4) is 17.2 Å². The highest BCUT2D eigenvalue weighted by atomic mass is 16.5. The first-order valence-corrected chi connectivity index (χ1v) is 7.79. The molecule has 0 radical (unpaired) electrons. The Morgan fingerprint density at radius 2 is 1.26 bits per heavy atom. The largest absolute Gasteiger partial charge is 0.493 e. The third kappa shape index (κ3) is 4.39. The summed E-state index contributed by atoms with van der Waals surface area (Å²) in [5.41, 5.74) is 3.72. The highest BCUT2D eigenvalue weighted by Gasteiger charge is 2.12. The number of aryl methyl sites for hydroxylation is 1. The summed E-state index contributed by atoms with van der Waals surface area (Å²) in [6, 6.07) is 12.6. The van der Waals surface area contributed by atoms with E-state index in [1.54, 1.807) is 21.3 Å². The molecule has 0 amide bonds. The van der Waals surface area contributed by atoms with Gasteiger partial charge in [-0.05, 0) is 35.2 Å². The van der Waals surface area contributed by atoms with Crippen molar-refractivity contribution in [3.63, 3.8) is 0 Å². The topological polar surface area (TPSA) is 39.7 Å². The number of benzene rings is 2. The molecule has 2 aromatic carbocycles. The van der Waals surface area contributed by atoms with E-state index in [0.29, 0.717) is 17.2 Å². The van der Waals surface area contributed by atoms with Crippen molar-refractivity contribution in [3.05, 3.63) is 53.1 Å². The summed E-state index contributed by atoms with van der Waals surface area (Å²) in [6.07, 6.45) is 1.07. The Balaban J connectivity index is 2.02. The zero-order chi connectivity index (χ0) is 16.7. The Morgan fingerprint density at radius 1 is 0.739 bits per heavy atom. The molecule has 4 nitrogen and oxygen atoms in total. The quantitative estimate of drug-likeness (QED) is 0.808. The predicted octanol–water partition coefficient (Wildman–Crippen LogP) is 3.56. The van der Waals surface area contributed by atoms with E-state index < -0.39 is 0 Å². The SMILES string of the molecule is CCc1ccc(CNCc2cc(OC)c(OC)c(OC)c2)cc1. The molecule has 2 aromatic rings. The molecule has 1 N–H and O–H groups in total. The van der Waals surface area contributed by atoms with Crippen molar-refractivity contribution < 1.29 is 14.2 Å². The second kappa shape index (κ2) is 8.44. The maximum Gasteiger partial charge on any atom is 0.203 e. The van der Waals surface area contributed by atoms with E-state index in [1.165, 1.54) is 11.1 Å². The Bertz CT molecular complexity index is 598. The Hall–Kier alpha value is -2.20. The third-order valence-corrected chi connectivity index (χ3v) is 3.81. The molecule has 124 valence electrons. The van der Waals surface area contributed by atoms with Crippen molar-refractivity contribution >= 4 is 0 Å². The standard InChI is InChI=1S/C19H25NO3/c1-5-14-6-8-15(9-7-14)12-20-13-16-10-17(21-2)19(23-4)18(11-16)22-3/h6-11,20H,5,12-13H2,1-4H3. The minimum atomic E-state index is 0.619. The van der Waals surface area contributed by atoms with Crippen LogP contribution in [0.1, 0.15) is 23.6 Å². The van der Waals surface area contributed by atoms with E-state index in [9.17, 15) is 0 Å². The first-order chi connectivity index (χ1) is 11.2. The molecule has 0 aliphatic rings. The van der Waals surface area contributed by atoms with Crippen LogP contribution >= 0.6 is 0 Å². The van der Waals surface area contributed by atoms with E-state index in [0.717, 1.165) is 25.1 Å². The maximum atomic E-state index is 5.38. The molecule has 0 heterocycles. The van der Waals surface area contributed by atoms with Gasteiger partial charge in [-0.2, -0.15) is 0 Å². The first-order valence-electron chi connectivity index (χ1n) is 7.79. The van der Waals surface area contributed by atoms with Gasteiger partial charge in [0.05, 0.1) is 21.3 Å². The van der Waals surface area contributed by atoms with Gasteiger partial charge in [0.2, 0.25) is 5.75 Å². The number of methoxy groups -OCH3 is 3. The van der Waals surface area contributed by atoms with E-state index in [2.05, 4.69) is 36.5 Å². The summed E-state index contributed by atoms with van der Waals surface area (Å²) in [4.78, 5) is 0. The van der Waals surface area contributed by atoms with E-state index in [1.807, 2.05) is 12.1 Å². The fourth-order valence-corrected chi connectivity index (χ4v) is 2.48. The van der Waals surface area contributed by atoms with Gasteiger partial charge < -0.3 is 19.5 Å². The third-order valence-electron chi connectivity index (χ3n) is 3.81. The summed E-state index contributed by atoms with van der Waals surface area (Å²) in [7, 11) is 4.87. The predicted molar refractivity (Wildman–Crippen MR) is 92.5 cm³/mol. The Labute approximate surface area is 138 Å². The molecule has 0 aliphatic carbocycles. The first kappa shape index (κ1) is 17.2. The van der Waals surface area contributed by atoms with E-state index in [-0.39, 0.29) is 0 Å². The Kier molecular flexibility index (Phi) is 6.29. The molecule has 0 bridgehead atoms. The van der Waals surface area contributed by atoms with Crippen LogP contribution in [0.2, 0.25) is 0 Å². The number of rotatable bonds is 8. The Morgan fingerprint density at radius 3 is 1.74 bits per heavy atom. The molecule has 0 aromatic heterocycles. The fraction of sp³-hybridized carbons (Fsp3) is 0.368. The lowest BCUT2D eigenvalue weighted by Crippen LogP contribution is -2.13. The lowest BCUT2D eigenvalue weighted by atomic mass is 10.1. The number of hydrogen-bond acceptors (Lipinski definition) is 4. The van der Waals surface area contributed by atoms with Crippen molar-refractivity contribution in [1.82, 2.24) is 5.32 Å². The molecule has 0 saturated carbocycles. The van der Waals surface area contributed by atoms with Gasteiger partial charge in [0.1, 0.15) is 0 Å². The average Bonchev–Trinajstić information content (AvgIpc) is 2.61. The molecule has 0 fully saturated rings. The monoisotopic (exact) mass is 315 g/mol. The lowest BCUT2D eigenvalue weighted by molar-refractivity contribution is 0.323. The van der Waals surface area contributed by atoms with Crippen molar-refractivity contribution in [2.75, 3.05) is 21.3 Å². The molecule has 2 rings (SSSR count). The molecule has 23 heavy (non-hydrogen) atoms. The summed E-state index contributed by atoms with van der Waals surface area (Å²) in [6.45, 7) is 3.71. The molecule has 4 heteroatoms. The normalized spacial score (nSPS) is 10.4. The maximum absolute atomic E-state index is 5.38. The minimum Gasteiger partial charge on any atom is -0.493 e. The van der Waals surface area contributed by atoms with Gasteiger partial charge in [0, 0.05) is 13.1 Å². The lowest BCUT2D eigenvalue weighted by Gasteiger charge is -2.14. The van der Waals surface area contributed by atoms with Crippen molar-refractivity contribution in [1.29, 1.82) is 0 Å². The van der Waals surface area contributed by atoms with Crippen LogP contribution in [0.3, 0.4) is 0 Å². The van der Waals surface area contributed by atoms with Gasteiger partial charge in [-0.1, -0.05) is 31.2 Å². The molecule has 0 aliphatic heterocycles. The van der Waals surface area contributed by atoms with Crippen molar-refractivity contribution in [2.45, 2.75) is 26.4 Å². The van der Waals surface area contributed by atoms with E-state index >= 15 is 0 Å². The van der Waals surface area contributed by atoms with Gasteiger partial charge in [-0.3, -0.25) is 0 Å². The summed E-state index contributed by atoms with van der Waals surface area (Å²) in [5.74, 6) is 1.97. The van der Waals surface area contributed by atoms with Crippen LogP contribution in [-0.4, -0.2) is 21.3 Å². The van der Waals surface area contributed by atoms with Crippen LogP contribution in [0.15, 0.2) is 36.4 Å². The highest BCUT2D eigenvalue weighted by Crippen LogP contribution is 2.38. The number of nitrogens with one attached hydrogen (secondary N) is 1. The van der Waals surface area contributed by atoms with Crippen molar-refractivity contribution in [2.24, 2.45) is 0 Å². The van der Waals surface area contributed by atoms with Gasteiger partial charge >= 0.3 is 0 Å². The van der Waals surface area contributed by atoms with Crippen LogP contribution in [0.5, 0.6) is 17.2 Å². The zero-order valence-corrected chi connectivity index (χ0v) is 14.3. The molecular formula is C19H25NO3. The van der Waals surface area contributed by atoms with E-state index in [4.69, 9.17) is 14.2 Å².